The molecule has 138 valence electrons. The number of anilines is 1. The number of nitrogens with one attached hydrogen (secondary N) is 2. The lowest BCUT2D eigenvalue weighted by molar-refractivity contribution is -0.137. The number of benzene rings is 2. The second kappa shape index (κ2) is 8.24. The van der Waals surface area contributed by atoms with Crippen LogP contribution in [0.1, 0.15) is 11.1 Å². The minimum atomic E-state index is -4.50. The van der Waals surface area contributed by atoms with Crippen molar-refractivity contribution in [3.8, 4) is 11.5 Å². The van der Waals surface area contributed by atoms with Gasteiger partial charge in [0.2, 0.25) is 0 Å². The second-order valence-electron chi connectivity index (χ2n) is 4.91. The van der Waals surface area contributed by atoms with Crippen LogP contribution in [0.3, 0.4) is 0 Å². The zero-order chi connectivity index (χ0) is 19.3. The number of hydrogen-bond acceptors (Lipinski definition) is 4. The second-order valence-corrected chi connectivity index (χ2v) is 5.73. The number of ether oxygens (including phenoxy) is 1. The molecule has 2 rings (SSSR count). The molecule has 0 aromatic heterocycles. The van der Waals surface area contributed by atoms with Crippen molar-refractivity contribution in [2.75, 3.05) is 12.4 Å². The molecule has 0 bridgehead atoms. The van der Waals surface area contributed by atoms with Gasteiger partial charge in [0.1, 0.15) is 0 Å². The van der Waals surface area contributed by atoms with Crippen molar-refractivity contribution in [3.05, 3.63) is 52.5 Å². The molecule has 0 spiro atoms. The molecule has 0 atom stereocenters. The molecule has 0 aliphatic heterocycles. The van der Waals surface area contributed by atoms with Crippen molar-refractivity contribution < 1.29 is 23.0 Å². The van der Waals surface area contributed by atoms with Crippen LogP contribution in [0, 0.1) is 0 Å². The van der Waals surface area contributed by atoms with Crippen molar-refractivity contribution in [1.29, 1.82) is 0 Å². The fraction of sp³-hybridized carbons (Fsp3) is 0.125. The van der Waals surface area contributed by atoms with E-state index in [0.717, 1.165) is 18.2 Å². The molecule has 5 nitrogen and oxygen atoms in total. The highest BCUT2D eigenvalue weighted by Crippen LogP contribution is 2.33. The summed E-state index contributed by atoms with van der Waals surface area (Å²) < 4.78 is 43.2. The standard InChI is InChI=1S/C16H13ClF3N3O2S/c1-25-13-4-2-3-9(14(13)24)8-21-23-15(26)22-12-7-10(16(18,19)20)5-6-11(12)17/h2-8,24H,1H3,(H2,22,23,26)/b21-8+. The fourth-order valence-corrected chi connectivity index (χ4v) is 2.24. The van der Waals surface area contributed by atoms with Gasteiger partial charge in [-0.3, -0.25) is 5.43 Å². The largest absolute Gasteiger partial charge is 0.504 e. The minimum Gasteiger partial charge on any atom is -0.504 e. The van der Waals surface area contributed by atoms with E-state index in [0.29, 0.717) is 5.56 Å². The lowest BCUT2D eigenvalue weighted by Crippen LogP contribution is -2.24. The number of para-hydroxylation sites is 1. The van der Waals surface area contributed by atoms with Gasteiger partial charge in [-0.2, -0.15) is 18.3 Å². The monoisotopic (exact) mass is 403 g/mol. The fourth-order valence-electron chi connectivity index (χ4n) is 1.92. The van der Waals surface area contributed by atoms with Crippen LogP contribution in [0.2, 0.25) is 5.02 Å². The number of phenols is 1. The SMILES string of the molecule is COc1cccc(/C=N/NC(=S)Nc2cc(C(F)(F)F)ccc2Cl)c1O. The zero-order valence-electron chi connectivity index (χ0n) is 13.3. The predicted molar refractivity (Wildman–Crippen MR) is 98.1 cm³/mol. The number of aromatic hydroxyl groups is 1. The van der Waals surface area contributed by atoms with Gasteiger partial charge in [-0.1, -0.05) is 17.7 Å². The van der Waals surface area contributed by atoms with Crippen molar-refractivity contribution >= 4 is 40.8 Å². The molecular formula is C16H13ClF3N3O2S. The summed E-state index contributed by atoms with van der Waals surface area (Å²) in [6.07, 6.45) is -3.22. The Morgan fingerprint density at radius 1 is 1.31 bits per heavy atom. The van der Waals surface area contributed by atoms with Gasteiger partial charge in [-0.25, -0.2) is 0 Å². The number of hydrazone groups is 1. The molecule has 26 heavy (non-hydrogen) atoms. The summed E-state index contributed by atoms with van der Waals surface area (Å²) in [6, 6.07) is 7.64. The molecule has 0 radical (unpaired) electrons. The Hall–Kier alpha value is -2.52. The van der Waals surface area contributed by atoms with Gasteiger partial charge < -0.3 is 15.2 Å². The van der Waals surface area contributed by atoms with Gasteiger partial charge in [-0.15, -0.1) is 0 Å². The average molecular weight is 404 g/mol. The highest BCUT2D eigenvalue weighted by Gasteiger charge is 2.31. The van der Waals surface area contributed by atoms with Crippen molar-refractivity contribution in [2.24, 2.45) is 5.10 Å². The summed E-state index contributed by atoms with van der Waals surface area (Å²) in [5.74, 6) is 0.158. The summed E-state index contributed by atoms with van der Waals surface area (Å²) in [7, 11) is 1.41. The first kappa shape index (κ1) is 19.8. The van der Waals surface area contributed by atoms with Crippen LogP contribution in [0.5, 0.6) is 11.5 Å². The van der Waals surface area contributed by atoms with Crippen molar-refractivity contribution in [2.45, 2.75) is 6.18 Å². The number of hydrogen-bond donors (Lipinski definition) is 3. The Labute approximate surface area is 157 Å². The lowest BCUT2D eigenvalue weighted by Gasteiger charge is -2.12. The number of thiocarbonyl (C=S) groups is 1. The highest BCUT2D eigenvalue weighted by atomic mass is 35.5. The first-order valence-corrected chi connectivity index (χ1v) is 7.83. The summed E-state index contributed by atoms with van der Waals surface area (Å²) in [6.45, 7) is 0. The van der Waals surface area contributed by atoms with Crippen LogP contribution in [0.4, 0.5) is 18.9 Å². The maximum atomic E-state index is 12.8. The number of rotatable bonds is 4. The molecule has 10 heteroatoms. The summed E-state index contributed by atoms with van der Waals surface area (Å²) in [5, 5.41) is 16.3. The van der Waals surface area contributed by atoms with Gasteiger partial charge >= 0.3 is 6.18 Å². The van der Waals surface area contributed by atoms with E-state index in [1.54, 1.807) is 18.2 Å². The molecule has 2 aromatic rings. The van der Waals surface area contributed by atoms with Crippen molar-refractivity contribution in [1.82, 2.24) is 5.43 Å². The molecule has 0 aliphatic carbocycles. The Morgan fingerprint density at radius 2 is 2.04 bits per heavy atom. The molecule has 0 fully saturated rings. The van der Waals surface area contributed by atoms with Crippen LogP contribution in [-0.4, -0.2) is 23.5 Å². The number of halogens is 4. The predicted octanol–water partition coefficient (Wildman–Crippen LogP) is 4.39. The van der Waals surface area contributed by atoms with E-state index in [1.807, 2.05) is 0 Å². The average Bonchev–Trinajstić information content (AvgIpc) is 2.57. The van der Waals surface area contributed by atoms with Gasteiger partial charge in [0, 0.05) is 5.56 Å². The lowest BCUT2D eigenvalue weighted by atomic mass is 10.2. The topological polar surface area (TPSA) is 65.9 Å². The molecule has 0 heterocycles. The molecule has 0 saturated carbocycles. The van der Waals surface area contributed by atoms with Crippen LogP contribution in [0.25, 0.3) is 0 Å². The molecule has 3 N–H and O–H groups in total. The third-order valence-electron chi connectivity index (χ3n) is 3.16. The zero-order valence-corrected chi connectivity index (χ0v) is 14.8. The van der Waals surface area contributed by atoms with E-state index in [9.17, 15) is 18.3 Å². The van der Waals surface area contributed by atoms with Gasteiger partial charge in [0.15, 0.2) is 16.6 Å². The number of nitrogens with zero attached hydrogens (tertiary/aromatic N) is 1. The molecule has 0 amide bonds. The summed E-state index contributed by atoms with van der Waals surface area (Å²) in [4.78, 5) is 0. The number of alkyl halides is 3. The van der Waals surface area contributed by atoms with E-state index in [2.05, 4.69) is 15.8 Å². The normalized spacial score (nSPS) is 11.4. The summed E-state index contributed by atoms with van der Waals surface area (Å²) >= 11 is 10.8. The summed E-state index contributed by atoms with van der Waals surface area (Å²) in [5.41, 5.74) is 1.91. The van der Waals surface area contributed by atoms with Gasteiger partial charge in [0.05, 0.1) is 29.6 Å². The van der Waals surface area contributed by atoms with E-state index in [1.165, 1.54) is 13.3 Å². The first-order chi connectivity index (χ1) is 12.2. The van der Waals surface area contributed by atoms with Crippen LogP contribution >= 0.6 is 23.8 Å². The molecule has 0 saturated heterocycles. The minimum absolute atomic E-state index is 0.0154. The van der Waals surface area contributed by atoms with Crippen LogP contribution in [-0.2, 0) is 6.18 Å². The van der Waals surface area contributed by atoms with Crippen molar-refractivity contribution in [3.63, 3.8) is 0 Å². The molecule has 0 unspecified atom stereocenters. The van der Waals surface area contributed by atoms with Crippen LogP contribution < -0.4 is 15.5 Å². The molecule has 2 aromatic carbocycles. The molecular weight excluding hydrogens is 391 g/mol. The number of methoxy groups -OCH3 is 1. The Kier molecular flexibility index (Phi) is 6.27. The quantitative estimate of drug-likeness (QED) is 0.401. The van der Waals surface area contributed by atoms with E-state index in [4.69, 9.17) is 28.6 Å². The van der Waals surface area contributed by atoms with Gasteiger partial charge in [-0.05, 0) is 42.5 Å². The van der Waals surface area contributed by atoms with E-state index in [-0.39, 0.29) is 27.3 Å². The maximum Gasteiger partial charge on any atom is 0.416 e. The third-order valence-corrected chi connectivity index (χ3v) is 3.68. The molecule has 0 aliphatic rings. The number of phenolic OH excluding ortho intramolecular Hbond substituents is 1. The van der Waals surface area contributed by atoms with Gasteiger partial charge in [0.25, 0.3) is 0 Å². The first-order valence-electron chi connectivity index (χ1n) is 7.05. The van der Waals surface area contributed by atoms with Crippen LogP contribution in [0.15, 0.2) is 41.5 Å². The Balaban J connectivity index is 2.06. The Bertz CT molecular complexity index is 844. The third kappa shape index (κ3) is 4.99. The smallest absolute Gasteiger partial charge is 0.416 e. The van der Waals surface area contributed by atoms with E-state index >= 15 is 0 Å². The van der Waals surface area contributed by atoms with E-state index < -0.39 is 11.7 Å². The maximum absolute atomic E-state index is 12.8. The highest BCUT2D eigenvalue weighted by molar-refractivity contribution is 7.80. The Morgan fingerprint density at radius 3 is 2.69 bits per heavy atom.